The molecule has 1 heterocycles. The summed E-state index contributed by atoms with van der Waals surface area (Å²) in [5, 5.41) is 10.8. The Balaban J connectivity index is 1.82. The number of nitrogens with zero attached hydrogens (tertiary/aromatic N) is 2. The molecule has 1 N–H and O–H groups in total. The molecule has 1 saturated heterocycles. The molecule has 0 bridgehead atoms. The van der Waals surface area contributed by atoms with Gasteiger partial charge in [0.1, 0.15) is 0 Å². The van der Waals surface area contributed by atoms with Gasteiger partial charge in [-0.1, -0.05) is 6.07 Å². The van der Waals surface area contributed by atoms with Crippen molar-refractivity contribution in [3.63, 3.8) is 0 Å². The monoisotopic (exact) mass is 427 g/mol. The molecule has 0 radical (unpaired) electrons. The summed E-state index contributed by atoms with van der Waals surface area (Å²) in [5.74, 6) is 0. The van der Waals surface area contributed by atoms with E-state index in [1.807, 2.05) is 0 Å². The van der Waals surface area contributed by atoms with Crippen LogP contribution >= 0.6 is 0 Å². The second-order valence-electron chi connectivity index (χ2n) is 5.90. The summed E-state index contributed by atoms with van der Waals surface area (Å²) in [4.78, 5) is 9.98. The minimum atomic E-state index is -4.04. The van der Waals surface area contributed by atoms with E-state index >= 15 is 0 Å². The van der Waals surface area contributed by atoms with E-state index < -0.39 is 25.0 Å². The van der Waals surface area contributed by atoms with E-state index in [0.29, 0.717) is 13.2 Å². The molecule has 0 aromatic heterocycles. The summed E-state index contributed by atoms with van der Waals surface area (Å²) < 4.78 is 58.8. The zero-order valence-corrected chi connectivity index (χ0v) is 16.1. The van der Waals surface area contributed by atoms with Gasteiger partial charge in [0.15, 0.2) is 0 Å². The van der Waals surface area contributed by atoms with Crippen LogP contribution in [0.2, 0.25) is 0 Å². The van der Waals surface area contributed by atoms with E-state index in [-0.39, 0.29) is 34.3 Å². The Bertz CT molecular complexity index is 1080. The average Bonchev–Trinajstić information content (AvgIpc) is 2.68. The highest BCUT2D eigenvalue weighted by Crippen LogP contribution is 2.23. The Labute approximate surface area is 162 Å². The first-order chi connectivity index (χ1) is 13.2. The summed E-state index contributed by atoms with van der Waals surface area (Å²) in [7, 11) is -7.78. The van der Waals surface area contributed by atoms with Gasteiger partial charge in [-0.25, -0.2) is 16.8 Å². The number of benzene rings is 2. The number of nitrogens with one attached hydrogen (secondary N) is 1. The fourth-order valence-corrected chi connectivity index (χ4v) is 5.08. The zero-order valence-electron chi connectivity index (χ0n) is 14.5. The third-order valence-electron chi connectivity index (χ3n) is 4.05. The predicted molar refractivity (Wildman–Crippen MR) is 99.9 cm³/mol. The number of hydrogen-bond acceptors (Lipinski definition) is 7. The van der Waals surface area contributed by atoms with Crippen molar-refractivity contribution in [1.29, 1.82) is 0 Å². The van der Waals surface area contributed by atoms with Gasteiger partial charge in [-0.3, -0.25) is 14.8 Å². The lowest BCUT2D eigenvalue weighted by atomic mass is 10.3. The van der Waals surface area contributed by atoms with Crippen molar-refractivity contribution in [2.75, 3.05) is 31.0 Å². The molecule has 0 saturated carbocycles. The van der Waals surface area contributed by atoms with Crippen LogP contribution in [-0.2, 0) is 24.8 Å². The Morgan fingerprint density at radius 2 is 1.57 bits per heavy atom. The molecule has 0 spiro atoms. The highest BCUT2D eigenvalue weighted by Gasteiger charge is 2.27. The van der Waals surface area contributed by atoms with E-state index in [4.69, 9.17) is 4.74 Å². The molecule has 3 rings (SSSR count). The largest absolute Gasteiger partial charge is 0.379 e. The van der Waals surface area contributed by atoms with Gasteiger partial charge in [-0.2, -0.15) is 4.31 Å². The first kappa shape index (κ1) is 20.2. The first-order valence-electron chi connectivity index (χ1n) is 8.15. The molecule has 150 valence electrons. The maximum atomic E-state index is 12.6. The lowest BCUT2D eigenvalue weighted by molar-refractivity contribution is -0.384. The van der Waals surface area contributed by atoms with Gasteiger partial charge < -0.3 is 4.74 Å². The second kappa shape index (κ2) is 7.83. The third-order valence-corrected chi connectivity index (χ3v) is 7.36. The minimum absolute atomic E-state index is 0.0244. The van der Waals surface area contributed by atoms with E-state index in [2.05, 4.69) is 4.72 Å². The summed E-state index contributed by atoms with van der Waals surface area (Å²) in [6.07, 6.45) is 0. The normalized spacial score (nSPS) is 15.9. The van der Waals surface area contributed by atoms with E-state index in [1.54, 1.807) is 0 Å². The van der Waals surface area contributed by atoms with E-state index in [9.17, 15) is 26.9 Å². The minimum Gasteiger partial charge on any atom is -0.379 e. The molecule has 12 heteroatoms. The van der Waals surface area contributed by atoms with Crippen molar-refractivity contribution in [2.45, 2.75) is 9.79 Å². The number of hydrogen-bond donors (Lipinski definition) is 1. The average molecular weight is 427 g/mol. The SMILES string of the molecule is O=[N+]([O-])c1cccc(NS(=O)(=O)c2ccc(S(=O)(=O)N3CCOCC3)cc2)c1. The molecule has 1 fully saturated rings. The maximum absolute atomic E-state index is 12.6. The molecule has 0 atom stereocenters. The van der Waals surface area contributed by atoms with Crippen molar-refractivity contribution in [1.82, 2.24) is 4.31 Å². The van der Waals surface area contributed by atoms with Crippen LogP contribution in [0, 0.1) is 10.1 Å². The fourth-order valence-electron chi connectivity index (χ4n) is 2.62. The number of non-ortho nitro benzene ring substituents is 1. The van der Waals surface area contributed by atoms with Gasteiger partial charge in [-0.05, 0) is 30.3 Å². The van der Waals surface area contributed by atoms with E-state index in [1.165, 1.54) is 46.8 Å². The standard InChI is InChI=1S/C16H17N3O7S2/c20-19(21)14-3-1-2-13(12-14)17-27(22,23)15-4-6-16(7-5-15)28(24,25)18-8-10-26-11-9-18/h1-7,12,17H,8-11H2. The van der Waals surface area contributed by atoms with Crippen LogP contribution in [0.5, 0.6) is 0 Å². The highest BCUT2D eigenvalue weighted by atomic mass is 32.2. The van der Waals surface area contributed by atoms with Crippen molar-refractivity contribution in [3.05, 3.63) is 58.6 Å². The summed E-state index contributed by atoms with van der Waals surface area (Å²) in [6, 6.07) is 9.84. The molecule has 2 aromatic rings. The molecule has 2 aromatic carbocycles. The third kappa shape index (κ3) is 4.30. The van der Waals surface area contributed by atoms with E-state index in [0.717, 1.165) is 6.07 Å². The number of ether oxygens (including phenoxy) is 1. The van der Waals surface area contributed by atoms with Gasteiger partial charge in [0.05, 0.1) is 33.6 Å². The number of morpholine rings is 1. The van der Waals surface area contributed by atoms with Gasteiger partial charge in [-0.15, -0.1) is 0 Å². The number of rotatable bonds is 6. The van der Waals surface area contributed by atoms with Crippen LogP contribution in [0.3, 0.4) is 0 Å². The molecular weight excluding hydrogens is 410 g/mol. The van der Waals surface area contributed by atoms with Gasteiger partial charge in [0.2, 0.25) is 10.0 Å². The molecule has 1 aliphatic heterocycles. The second-order valence-corrected chi connectivity index (χ2v) is 9.52. The Morgan fingerprint density at radius 3 is 2.18 bits per heavy atom. The lowest BCUT2D eigenvalue weighted by Crippen LogP contribution is -2.40. The molecule has 0 aliphatic carbocycles. The van der Waals surface area contributed by atoms with Crippen LogP contribution in [0.4, 0.5) is 11.4 Å². The van der Waals surface area contributed by atoms with Crippen LogP contribution in [0.25, 0.3) is 0 Å². The Kier molecular flexibility index (Phi) is 5.65. The van der Waals surface area contributed by atoms with Gasteiger partial charge >= 0.3 is 0 Å². The summed E-state index contributed by atoms with van der Waals surface area (Å²) in [6.45, 7) is 1.07. The van der Waals surface area contributed by atoms with Crippen molar-refractivity contribution in [3.8, 4) is 0 Å². The number of anilines is 1. The van der Waals surface area contributed by atoms with Crippen LogP contribution in [0.1, 0.15) is 0 Å². The van der Waals surface area contributed by atoms with Gasteiger partial charge in [0, 0.05) is 25.2 Å². The van der Waals surface area contributed by atoms with Crippen LogP contribution in [-0.4, -0.2) is 52.4 Å². The number of nitro groups is 1. The molecular formula is C16H17N3O7S2. The molecule has 1 aliphatic rings. The highest BCUT2D eigenvalue weighted by molar-refractivity contribution is 7.92. The summed E-state index contributed by atoms with van der Waals surface area (Å²) in [5.41, 5.74) is -0.230. The molecule has 28 heavy (non-hydrogen) atoms. The maximum Gasteiger partial charge on any atom is 0.271 e. The number of nitro benzene ring substituents is 1. The molecule has 0 unspecified atom stereocenters. The van der Waals surface area contributed by atoms with Crippen molar-refractivity contribution in [2.24, 2.45) is 0 Å². The molecule has 10 nitrogen and oxygen atoms in total. The fraction of sp³-hybridized carbons (Fsp3) is 0.250. The van der Waals surface area contributed by atoms with Crippen LogP contribution < -0.4 is 4.72 Å². The van der Waals surface area contributed by atoms with Crippen molar-refractivity contribution < 1.29 is 26.5 Å². The van der Waals surface area contributed by atoms with Gasteiger partial charge in [0.25, 0.3) is 15.7 Å². The van der Waals surface area contributed by atoms with Crippen molar-refractivity contribution >= 4 is 31.4 Å². The smallest absolute Gasteiger partial charge is 0.271 e. The first-order valence-corrected chi connectivity index (χ1v) is 11.1. The molecule has 0 amide bonds. The lowest BCUT2D eigenvalue weighted by Gasteiger charge is -2.26. The Hall–Kier alpha value is -2.54. The zero-order chi connectivity index (χ0) is 20.4. The number of sulfonamides is 2. The Morgan fingerprint density at radius 1 is 0.964 bits per heavy atom. The summed E-state index contributed by atoms with van der Waals surface area (Å²) >= 11 is 0. The van der Waals surface area contributed by atoms with Crippen LogP contribution in [0.15, 0.2) is 58.3 Å². The quantitative estimate of drug-likeness (QED) is 0.544. The topological polar surface area (TPSA) is 136 Å². The predicted octanol–water partition coefficient (Wildman–Crippen LogP) is 1.42.